The second-order valence-corrected chi connectivity index (χ2v) is 8.93. The first-order valence-electron chi connectivity index (χ1n) is 10.7. The minimum Gasteiger partial charge on any atom is -0.460 e. The van der Waals surface area contributed by atoms with Gasteiger partial charge in [0.15, 0.2) is 0 Å². The van der Waals surface area contributed by atoms with Crippen molar-refractivity contribution in [1.82, 2.24) is 0 Å². The van der Waals surface area contributed by atoms with Crippen LogP contribution in [0.3, 0.4) is 0 Å². The van der Waals surface area contributed by atoms with Crippen molar-refractivity contribution in [2.24, 2.45) is 10.6 Å². The number of benzene rings is 1. The average molecular weight is 595 g/mol. The van der Waals surface area contributed by atoms with E-state index in [0.29, 0.717) is 12.8 Å². The number of oxime groups is 1. The van der Waals surface area contributed by atoms with Crippen LogP contribution in [0.1, 0.15) is 32.8 Å². The molecular formula is C22H22F13NO3. The summed E-state index contributed by atoms with van der Waals surface area (Å²) < 4.78 is 175. The first kappa shape index (κ1) is 34.3. The molecule has 39 heavy (non-hydrogen) atoms. The Balaban J connectivity index is 2.94. The summed E-state index contributed by atoms with van der Waals surface area (Å²) in [6.45, 7) is 2.16. The zero-order valence-electron chi connectivity index (χ0n) is 20.3. The van der Waals surface area contributed by atoms with E-state index in [2.05, 4.69) is 9.89 Å². The second kappa shape index (κ2) is 11.4. The zero-order chi connectivity index (χ0) is 30.7. The average Bonchev–Trinajstić information content (AvgIpc) is 2.81. The van der Waals surface area contributed by atoms with Gasteiger partial charge in [-0.1, -0.05) is 49.3 Å². The predicted octanol–water partition coefficient (Wildman–Crippen LogP) is 7.32. The third-order valence-electron chi connectivity index (χ3n) is 5.48. The Hall–Kier alpha value is -2.75. The zero-order valence-corrected chi connectivity index (χ0v) is 20.3. The number of carbonyl (C=O) groups is 1. The van der Waals surface area contributed by atoms with E-state index in [1.54, 1.807) is 18.2 Å². The molecule has 0 atom stereocenters. The number of carbonyl (C=O) groups excluding carboxylic acids is 1. The molecule has 0 aliphatic carbocycles. The third kappa shape index (κ3) is 6.70. The van der Waals surface area contributed by atoms with E-state index in [-0.39, 0.29) is 12.3 Å². The van der Waals surface area contributed by atoms with Crippen LogP contribution in [0.25, 0.3) is 0 Å². The Morgan fingerprint density at radius 2 is 1.26 bits per heavy atom. The van der Waals surface area contributed by atoms with Crippen molar-refractivity contribution in [3.05, 3.63) is 35.9 Å². The number of aryl methyl sites for hydroxylation is 1. The summed E-state index contributed by atoms with van der Waals surface area (Å²) in [6.07, 6.45) is -6.50. The van der Waals surface area contributed by atoms with Crippen molar-refractivity contribution < 1.29 is 71.4 Å². The molecule has 0 saturated heterocycles. The van der Waals surface area contributed by atoms with E-state index in [0.717, 1.165) is 19.4 Å². The minimum atomic E-state index is -8.11. The Morgan fingerprint density at radius 3 is 1.74 bits per heavy atom. The van der Waals surface area contributed by atoms with Gasteiger partial charge in [0.1, 0.15) is 13.2 Å². The highest BCUT2D eigenvalue weighted by Gasteiger charge is 2.92. The van der Waals surface area contributed by atoms with Gasteiger partial charge in [-0.25, -0.2) is 4.79 Å². The molecule has 0 aliphatic heterocycles. The summed E-state index contributed by atoms with van der Waals surface area (Å²) in [7, 11) is 0. The van der Waals surface area contributed by atoms with Crippen molar-refractivity contribution in [2.75, 3.05) is 13.2 Å². The van der Waals surface area contributed by atoms with Crippen molar-refractivity contribution in [2.45, 2.75) is 69.4 Å². The maximum atomic E-state index is 13.9. The summed E-state index contributed by atoms with van der Waals surface area (Å²) in [5.41, 5.74) is -0.750. The number of halogens is 13. The van der Waals surface area contributed by atoms with Crippen LogP contribution in [0.15, 0.2) is 35.5 Å². The Morgan fingerprint density at radius 1 is 0.769 bits per heavy atom. The maximum Gasteiger partial charge on any atom is 0.460 e. The molecule has 0 bridgehead atoms. The number of ether oxygens (including phenoxy) is 1. The predicted molar refractivity (Wildman–Crippen MR) is 109 cm³/mol. The number of hydrogen-bond donors (Lipinski definition) is 0. The first-order valence-corrected chi connectivity index (χ1v) is 10.7. The maximum absolute atomic E-state index is 13.9. The van der Waals surface area contributed by atoms with Crippen LogP contribution in [0.2, 0.25) is 0 Å². The molecule has 0 N–H and O–H groups in total. The molecule has 17 heteroatoms. The normalized spacial score (nSPS) is 14.8. The van der Waals surface area contributed by atoms with Crippen LogP contribution in [0.5, 0.6) is 0 Å². The Bertz CT molecular complexity index is 1010. The van der Waals surface area contributed by atoms with Crippen molar-refractivity contribution in [3.63, 3.8) is 0 Å². The van der Waals surface area contributed by atoms with Crippen LogP contribution >= 0.6 is 0 Å². The third-order valence-corrected chi connectivity index (χ3v) is 5.48. The van der Waals surface area contributed by atoms with Gasteiger partial charge in [0.2, 0.25) is 0 Å². The van der Waals surface area contributed by atoms with Gasteiger partial charge in [0, 0.05) is 5.41 Å². The van der Waals surface area contributed by atoms with Crippen molar-refractivity contribution >= 4 is 11.7 Å². The van der Waals surface area contributed by atoms with Gasteiger partial charge >= 0.3 is 41.8 Å². The molecule has 1 aromatic carbocycles. The highest BCUT2D eigenvalue weighted by Crippen LogP contribution is 2.60. The van der Waals surface area contributed by atoms with Crippen molar-refractivity contribution in [3.8, 4) is 0 Å². The molecular weight excluding hydrogens is 573 g/mol. The quantitative estimate of drug-likeness (QED) is 0.0790. The van der Waals surface area contributed by atoms with E-state index in [1.807, 2.05) is 12.1 Å². The Kier molecular flexibility index (Phi) is 10.0. The number of rotatable bonds is 13. The molecule has 1 aromatic rings. The molecule has 0 radical (unpaired) electrons. The SMILES string of the molecule is C/C(=N\OCCCc1ccccc1)C(C)(C)COC(=O)C(F)(F)C(F)(F)C(F)(F)C(F)(F)C(F)(F)C(F)(F)F. The van der Waals surface area contributed by atoms with Crippen LogP contribution in [-0.2, 0) is 20.8 Å². The van der Waals surface area contributed by atoms with E-state index in [9.17, 15) is 61.9 Å². The van der Waals surface area contributed by atoms with Crippen LogP contribution in [0, 0.1) is 5.41 Å². The van der Waals surface area contributed by atoms with Gasteiger partial charge in [0.25, 0.3) is 0 Å². The molecule has 0 spiro atoms. The van der Waals surface area contributed by atoms with Gasteiger partial charge in [0.05, 0.1) is 5.71 Å². The summed E-state index contributed by atoms with van der Waals surface area (Å²) >= 11 is 0. The van der Waals surface area contributed by atoms with Gasteiger partial charge in [-0.05, 0) is 25.3 Å². The molecule has 0 aromatic heterocycles. The fourth-order valence-electron chi connectivity index (χ4n) is 2.59. The molecule has 4 nitrogen and oxygen atoms in total. The lowest BCUT2D eigenvalue weighted by Crippen LogP contribution is -2.71. The Labute approximate surface area is 213 Å². The van der Waals surface area contributed by atoms with Gasteiger partial charge in [-0.15, -0.1) is 0 Å². The number of nitrogens with zero attached hydrogens (tertiary/aromatic N) is 1. The second-order valence-electron chi connectivity index (χ2n) is 8.93. The number of esters is 1. The summed E-state index contributed by atoms with van der Waals surface area (Å²) in [4.78, 5) is 16.5. The van der Waals surface area contributed by atoms with Crippen LogP contribution < -0.4 is 0 Å². The van der Waals surface area contributed by atoms with Crippen molar-refractivity contribution in [1.29, 1.82) is 0 Å². The molecule has 224 valence electrons. The fourth-order valence-corrected chi connectivity index (χ4v) is 2.59. The molecule has 0 saturated carbocycles. The molecule has 0 aliphatic rings. The largest absolute Gasteiger partial charge is 0.460 e. The van der Waals surface area contributed by atoms with E-state index in [4.69, 9.17) is 4.84 Å². The molecule has 0 unspecified atom stereocenters. The molecule has 0 fully saturated rings. The van der Waals surface area contributed by atoms with E-state index in [1.165, 1.54) is 6.92 Å². The lowest BCUT2D eigenvalue weighted by atomic mass is 9.89. The summed E-state index contributed by atoms with van der Waals surface area (Å²) in [5.74, 6) is -42.4. The van der Waals surface area contributed by atoms with Gasteiger partial charge in [-0.3, -0.25) is 0 Å². The number of hydrogen-bond acceptors (Lipinski definition) is 4. The molecule has 0 heterocycles. The lowest BCUT2D eigenvalue weighted by molar-refractivity contribution is -0.437. The lowest BCUT2D eigenvalue weighted by Gasteiger charge is -2.39. The highest BCUT2D eigenvalue weighted by molar-refractivity contribution is 5.87. The topological polar surface area (TPSA) is 47.9 Å². The standard InChI is InChI=1S/C22H22F13NO3/c1-13(36-39-11-7-10-14-8-5-4-6-9-14)16(2,3)12-38-15(37)17(23,24)18(25,26)19(27,28)20(29,30)21(31,32)22(33,34)35/h4-6,8-9H,7,10-12H2,1-3H3/b36-13+. The highest BCUT2D eigenvalue weighted by atomic mass is 19.4. The van der Waals surface area contributed by atoms with E-state index < -0.39 is 53.8 Å². The molecule has 0 amide bonds. The summed E-state index contributed by atoms with van der Waals surface area (Å²) in [5, 5.41) is 3.62. The van der Waals surface area contributed by atoms with Gasteiger partial charge < -0.3 is 9.57 Å². The van der Waals surface area contributed by atoms with E-state index >= 15 is 0 Å². The van der Waals surface area contributed by atoms with Crippen LogP contribution in [-0.4, -0.2) is 60.7 Å². The number of alkyl halides is 13. The smallest absolute Gasteiger partial charge is 0.460 e. The monoisotopic (exact) mass is 595 g/mol. The molecule has 1 rings (SSSR count). The minimum absolute atomic E-state index is 0.0399. The van der Waals surface area contributed by atoms with Crippen LogP contribution in [0.4, 0.5) is 57.1 Å². The fraction of sp³-hybridized carbons (Fsp3) is 0.636. The van der Waals surface area contributed by atoms with Gasteiger partial charge in [-0.2, -0.15) is 57.1 Å². The first-order chi connectivity index (χ1) is 17.4. The summed E-state index contributed by atoms with van der Waals surface area (Å²) in [6, 6.07) is 9.07.